The van der Waals surface area contributed by atoms with Gasteiger partial charge in [0, 0.05) is 48.9 Å². The molecule has 1 saturated heterocycles. The number of fused-ring (bicyclic) bond motifs is 1. The Morgan fingerprint density at radius 2 is 1.89 bits per heavy atom. The van der Waals surface area contributed by atoms with E-state index in [1.807, 2.05) is 60.4 Å². The number of rotatable bonds is 9. The molecule has 0 saturated carbocycles. The van der Waals surface area contributed by atoms with Crippen LogP contribution in [0.5, 0.6) is 0 Å². The number of hydrogen-bond donors (Lipinski definition) is 1. The first-order valence-corrected chi connectivity index (χ1v) is 13.5. The summed E-state index contributed by atoms with van der Waals surface area (Å²) in [6, 6.07) is 13.5. The van der Waals surface area contributed by atoms with Crippen LogP contribution in [0.3, 0.4) is 0 Å². The topological polar surface area (TPSA) is 74.2 Å². The molecule has 4 rings (SSSR count). The Hall–Kier alpha value is -2.84. The average Bonchev–Trinajstić information content (AvgIpc) is 2.88. The first kappa shape index (κ1) is 25.3. The minimum absolute atomic E-state index is 0.131. The minimum atomic E-state index is -0.159. The van der Waals surface area contributed by atoms with Gasteiger partial charge < -0.3 is 10.1 Å². The lowest BCUT2D eigenvalue weighted by molar-refractivity contribution is -0.145. The summed E-state index contributed by atoms with van der Waals surface area (Å²) in [7, 11) is 0. The molecule has 2 aromatic rings. The molecule has 1 fully saturated rings. The Morgan fingerprint density at radius 3 is 2.66 bits per heavy atom. The molecule has 2 aliphatic heterocycles. The van der Waals surface area contributed by atoms with Gasteiger partial charge in [0.1, 0.15) is 0 Å². The van der Waals surface area contributed by atoms with Gasteiger partial charge in [-0.1, -0.05) is 31.5 Å². The van der Waals surface area contributed by atoms with Crippen LogP contribution in [0, 0.1) is 0 Å². The number of hydrogen-bond acceptors (Lipinski definition) is 7. The second-order valence-electron chi connectivity index (χ2n) is 8.90. The van der Waals surface area contributed by atoms with E-state index in [-0.39, 0.29) is 11.9 Å². The molecule has 0 unspecified atom stereocenters. The van der Waals surface area contributed by atoms with Crippen LogP contribution in [0.15, 0.2) is 47.6 Å². The number of hydrazone groups is 1. The third kappa shape index (κ3) is 7.57. The smallest absolute Gasteiger partial charge is 0.320 e. The highest BCUT2D eigenvalue weighted by Gasteiger charge is 2.20. The lowest BCUT2D eigenvalue weighted by Gasteiger charge is -2.28. The van der Waals surface area contributed by atoms with Gasteiger partial charge >= 0.3 is 5.97 Å². The predicted molar refractivity (Wildman–Crippen MR) is 142 cm³/mol. The van der Waals surface area contributed by atoms with E-state index in [0.29, 0.717) is 25.3 Å². The van der Waals surface area contributed by atoms with Crippen molar-refractivity contribution in [3.8, 4) is 0 Å². The van der Waals surface area contributed by atoms with Crippen LogP contribution < -0.4 is 5.32 Å². The SMILES string of the molecule is CCCCOC(=O)CN1CCc2cc(NC(=O)c3ccc(/C=N/N4CCSCC4)cc3)ccc2C1. The Kier molecular flexibility index (Phi) is 9.20. The maximum atomic E-state index is 12.8. The number of carbonyl (C=O) groups excluding carboxylic acids is 2. The quantitative estimate of drug-likeness (QED) is 0.322. The lowest BCUT2D eigenvalue weighted by atomic mass is 9.99. The van der Waals surface area contributed by atoms with Gasteiger partial charge in [0.2, 0.25) is 0 Å². The number of carbonyl (C=O) groups is 2. The molecule has 8 heteroatoms. The molecule has 7 nitrogen and oxygen atoms in total. The van der Waals surface area contributed by atoms with Gasteiger partial charge in [-0.3, -0.25) is 19.5 Å². The number of thioether (sulfide) groups is 1. The first-order chi connectivity index (χ1) is 17.1. The zero-order valence-corrected chi connectivity index (χ0v) is 21.2. The second-order valence-corrected chi connectivity index (χ2v) is 10.1. The van der Waals surface area contributed by atoms with Crippen molar-refractivity contribution in [3.05, 3.63) is 64.7 Å². The molecule has 0 spiro atoms. The van der Waals surface area contributed by atoms with Gasteiger partial charge in [0.05, 0.1) is 19.4 Å². The zero-order valence-electron chi connectivity index (χ0n) is 20.4. The van der Waals surface area contributed by atoms with Gasteiger partial charge in [0.25, 0.3) is 5.91 Å². The fraction of sp³-hybridized carbons (Fsp3) is 0.444. The average molecular weight is 495 g/mol. The number of esters is 1. The van der Waals surface area contributed by atoms with E-state index in [0.717, 1.165) is 61.7 Å². The lowest BCUT2D eigenvalue weighted by Crippen LogP contribution is -2.35. The molecule has 1 N–H and O–H groups in total. The summed E-state index contributed by atoms with van der Waals surface area (Å²) in [6.45, 7) is 6.36. The molecule has 2 heterocycles. The van der Waals surface area contributed by atoms with Crippen LogP contribution in [-0.4, -0.2) is 72.3 Å². The van der Waals surface area contributed by atoms with Gasteiger partial charge in [0.15, 0.2) is 0 Å². The number of unbranched alkanes of at least 4 members (excludes halogenated alkanes) is 1. The van der Waals surface area contributed by atoms with Crippen molar-refractivity contribution in [3.63, 3.8) is 0 Å². The first-order valence-electron chi connectivity index (χ1n) is 12.4. The summed E-state index contributed by atoms with van der Waals surface area (Å²) in [4.78, 5) is 26.9. The molecule has 0 radical (unpaired) electrons. The molecule has 186 valence electrons. The Morgan fingerprint density at radius 1 is 1.09 bits per heavy atom. The highest BCUT2D eigenvalue weighted by Crippen LogP contribution is 2.23. The van der Waals surface area contributed by atoms with Crippen molar-refractivity contribution in [2.45, 2.75) is 32.7 Å². The molecule has 0 atom stereocenters. The summed E-state index contributed by atoms with van der Waals surface area (Å²) >= 11 is 1.96. The maximum absolute atomic E-state index is 12.8. The van der Waals surface area contributed by atoms with E-state index >= 15 is 0 Å². The van der Waals surface area contributed by atoms with E-state index in [9.17, 15) is 9.59 Å². The molecular weight excluding hydrogens is 460 g/mol. The van der Waals surface area contributed by atoms with Crippen molar-refractivity contribution >= 4 is 35.5 Å². The van der Waals surface area contributed by atoms with Gasteiger partial charge in [-0.05, 0) is 53.8 Å². The summed E-state index contributed by atoms with van der Waals surface area (Å²) in [5, 5.41) is 9.64. The number of benzene rings is 2. The zero-order chi connectivity index (χ0) is 24.5. The van der Waals surface area contributed by atoms with Crippen LogP contribution in [0.1, 0.15) is 46.8 Å². The molecule has 2 aromatic carbocycles. The number of amides is 1. The van der Waals surface area contributed by atoms with Crippen LogP contribution >= 0.6 is 11.8 Å². The largest absolute Gasteiger partial charge is 0.465 e. The molecule has 0 bridgehead atoms. The molecule has 0 aromatic heterocycles. The van der Waals surface area contributed by atoms with Crippen molar-refractivity contribution in [2.75, 3.05) is 49.6 Å². The molecule has 35 heavy (non-hydrogen) atoms. The highest BCUT2D eigenvalue weighted by molar-refractivity contribution is 7.99. The van der Waals surface area contributed by atoms with E-state index in [1.165, 1.54) is 11.1 Å². The van der Waals surface area contributed by atoms with Crippen LogP contribution in [0.4, 0.5) is 5.69 Å². The molecule has 2 aliphatic rings. The van der Waals surface area contributed by atoms with Crippen molar-refractivity contribution < 1.29 is 14.3 Å². The number of nitrogens with one attached hydrogen (secondary N) is 1. The monoisotopic (exact) mass is 494 g/mol. The summed E-state index contributed by atoms with van der Waals surface area (Å²) < 4.78 is 5.29. The van der Waals surface area contributed by atoms with E-state index in [2.05, 4.69) is 27.3 Å². The predicted octanol–water partition coefficient (Wildman–Crippen LogP) is 4.02. The summed E-state index contributed by atoms with van der Waals surface area (Å²) in [5.41, 5.74) is 4.77. The molecule has 1 amide bonds. The highest BCUT2D eigenvalue weighted by atomic mass is 32.2. The van der Waals surface area contributed by atoms with Crippen LogP contribution in [0.2, 0.25) is 0 Å². The van der Waals surface area contributed by atoms with Crippen molar-refractivity contribution in [1.29, 1.82) is 0 Å². The standard InChI is InChI=1S/C27H34N4O3S/c1-2-3-14-34-26(32)20-30-11-10-23-17-25(9-8-24(23)19-30)29-27(33)22-6-4-21(5-7-22)18-28-31-12-15-35-16-13-31/h4-9,17-18H,2-3,10-16,19-20H2,1H3,(H,29,33)/b28-18+. The third-order valence-electron chi connectivity index (χ3n) is 6.20. The van der Waals surface area contributed by atoms with Crippen molar-refractivity contribution in [1.82, 2.24) is 9.91 Å². The van der Waals surface area contributed by atoms with E-state index < -0.39 is 0 Å². The summed E-state index contributed by atoms with van der Waals surface area (Å²) in [6.07, 6.45) is 4.61. The Bertz CT molecular complexity index is 1040. The number of ether oxygens (including phenoxy) is 1. The van der Waals surface area contributed by atoms with E-state index in [4.69, 9.17) is 4.74 Å². The normalized spacial score (nSPS) is 16.2. The molecular formula is C27H34N4O3S. The Labute approximate surface area is 211 Å². The fourth-order valence-corrected chi connectivity index (χ4v) is 5.01. The number of nitrogens with zero attached hydrogens (tertiary/aromatic N) is 3. The van der Waals surface area contributed by atoms with Gasteiger partial charge in [-0.25, -0.2) is 0 Å². The summed E-state index contributed by atoms with van der Waals surface area (Å²) in [5.74, 6) is 1.94. The van der Waals surface area contributed by atoms with Gasteiger partial charge in [-0.15, -0.1) is 0 Å². The Balaban J connectivity index is 1.28. The molecule has 0 aliphatic carbocycles. The minimum Gasteiger partial charge on any atom is -0.465 e. The third-order valence-corrected chi connectivity index (χ3v) is 7.14. The second kappa shape index (κ2) is 12.7. The van der Waals surface area contributed by atoms with Crippen LogP contribution in [0.25, 0.3) is 0 Å². The maximum Gasteiger partial charge on any atom is 0.320 e. The number of anilines is 1. The van der Waals surface area contributed by atoms with Crippen molar-refractivity contribution in [2.24, 2.45) is 5.10 Å². The fourth-order valence-electron chi connectivity index (χ4n) is 4.12. The van der Waals surface area contributed by atoms with E-state index in [1.54, 1.807) is 0 Å². The van der Waals surface area contributed by atoms with Crippen LogP contribution in [-0.2, 0) is 22.5 Å². The van der Waals surface area contributed by atoms with Gasteiger partial charge in [-0.2, -0.15) is 16.9 Å².